The summed E-state index contributed by atoms with van der Waals surface area (Å²) in [6.45, 7) is 1.09. The van der Waals surface area contributed by atoms with Gasteiger partial charge in [0.05, 0.1) is 12.3 Å². The van der Waals surface area contributed by atoms with Crippen LogP contribution >= 0.6 is 0 Å². The molecule has 0 fully saturated rings. The quantitative estimate of drug-likeness (QED) is 0.756. The van der Waals surface area contributed by atoms with Crippen molar-refractivity contribution in [2.24, 2.45) is 0 Å². The van der Waals surface area contributed by atoms with Crippen molar-refractivity contribution in [2.45, 2.75) is 12.5 Å². The summed E-state index contributed by atoms with van der Waals surface area (Å²) in [6.07, 6.45) is 0.749. The fourth-order valence-electron chi connectivity index (χ4n) is 2.43. The van der Waals surface area contributed by atoms with E-state index in [2.05, 4.69) is 10.0 Å². The van der Waals surface area contributed by atoms with Gasteiger partial charge in [0.1, 0.15) is 0 Å². The van der Waals surface area contributed by atoms with Gasteiger partial charge in [0.25, 0.3) is 0 Å². The second-order valence-corrected chi connectivity index (χ2v) is 6.33. The lowest BCUT2D eigenvalue weighted by molar-refractivity contribution is 0.204. The summed E-state index contributed by atoms with van der Waals surface area (Å²) in [7, 11) is -0.0901. The predicted octanol–water partition coefficient (Wildman–Crippen LogP) is 0.638. The average Bonchev–Trinajstić information content (AvgIpc) is 2.46. The van der Waals surface area contributed by atoms with Crippen LogP contribution in [0.1, 0.15) is 18.0 Å². The summed E-state index contributed by atoms with van der Waals surface area (Å²) in [5.41, 5.74) is 1.75. The minimum atomic E-state index is -3.53. The SMILES string of the molecule is CNC1CCN(S(=O)(=O)NCCOC)c2ccccc21. The molecule has 0 radical (unpaired) electrons. The molecule has 2 N–H and O–H groups in total. The zero-order valence-electron chi connectivity index (χ0n) is 11.8. The Labute approximate surface area is 120 Å². The minimum Gasteiger partial charge on any atom is -0.383 e. The Morgan fingerprint density at radius 3 is 2.85 bits per heavy atom. The first-order valence-corrected chi connectivity index (χ1v) is 8.06. The normalized spacial score (nSPS) is 18.9. The molecule has 1 aliphatic heterocycles. The molecule has 0 spiro atoms. The lowest BCUT2D eigenvalue weighted by atomic mass is 9.98. The van der Waals surface area contributed by atoms with Crippen molar-refractivity contribution in [2.75, 3.05) is 38.2 Å². The lowest BCUT2D eigenvalue weighted by Crippen LogP contribution is -2.46. The molecule has 2 rings (SSSR count). The molecule has 1 heterocycles. The highest BCUT2D eigenvalue weighted by Gasteiger charge is 2.30. The number of rotatable bonds is 6. The molecule has 1 unspecified atom stereocenters. The maximum absolute atomic E-state index is 12.4. The van der Waals surface area contributed by atoms with E-state index in [-0.39, 0.29) is 12.6 Å². The second kappa shape index (κ2) is 6.53. The summed E-state index contributed by atoms with van der Waals surface area (Å²) in [5.74, 6) is 0. The number of anilines is 1. The van der Waals surface area contributed by atoms with E-state index in [1.54, 1.807) is 7.11 Å². The van der Waals surface area contributed by atoms with Gasteiger partial charge in [-0.3, -0.25) is 4.31 Å². The van der Waals surface area contributed by atoms with Crippen LogP contribution in [0.4, 0.5) is 5.69 Å². The summed E-state index contributed by atoms with van der Waals surface area (Å²) < 4.78 is 33.6. The van der Waals surface area contributed by atoms with Gasteiger partial charge in [0, 0.05) is 26.2 Å². The molecule has 20 heavy (non-hydrogen) atoms. The monoisotopic (exact) mass is 299 g/mol. The van der Waals surface area contributed by atoms with Crippen molar-refractivity contribution in [1.82, 2.24) is 10.0 Å². The fourth-order valence-corrected chi connectivity index (χ4v) is 3.70. The molecule has 1 aliphatic rings. The molecular formula is C13H21N3O3S. The Kier molecular flexibility index (Phi) is 4.98. The van der Waals surface area contributed by atoms with E-state index >= 15 is 0 Å². The van der Waals surface area contributed by atoms with E-state index in [0.717, 1.165) is 17.7 Å². The molecule has 7 heteroatoms. The van der Waals surface area contributed by atoms with Crippen molar-refractivity contribution in [3.63, 3.8) is 0 Å². The highest BCUT2D eigenvalue weighted by molar-refractivity contribution is 7.90. The van der Waals surface area contributed by atoms with E-state index in [1.165, 1.54) is 4.31 Å². The van der Waals surface area contributed by atoms with Gasteiger partial charge in [-0.05, 0) is 25.1 Å². The Morgan fingerprint density at radius 1 is 1.40 bits per heavy atom. The van der Waals surface area contributed by atoms with Crippen LogP contribution in [0, 0.1) is 0 Å². The van der Waals surface area contributed by atoms with Crippen molar-refractivity contribution >= 4 is 15.9 Å². The number of benzene rings is 1. The van der Waals surface area contributed by atoms with Crippen molar-refractivity contribution in [3.8, 4) is 0 Å². The Morgan fingerprint density at radius 2 is 2.15 bits per heavy atom. The third-order valence-corrected chi connectivity index (χ3v) is 4.96. The van der Waals surface area contributed by atoms with Gasteiger partial charge in [0.2, 0.25) is 0 Å². The summed E-state index contributed by atoms with van der Waals surface area (Å²) in [5, 5.41) is 3.22. The zero-order chi connectivity index (χ0) is 14.6. The number of nitrogens with one attached hydrogen (secondary N) is 2. The number of nitrogens with zero attached hydrogens (tertiary/aromatic N) is 1. The maximum atomic E-state index is 12.4. The van der Waals surface area contributed by atoms with Crippen LogP contribution < -0.4 is 14.3 Å². The van der Waals surface area contributed by atoms with E-state index in [9.17, 15) is 8.42 Å². The summed E-state index contributed by atoms with van der Waals surface area (Å²) >= 11 is 0. The maximum Gasteiger partial charge on any atom is 0.301 e. The number of methoxy groups -OCH3 is 1. The molecule has 1 aromatic carbocycles. The van der Waals surface area contributed by atoms with Gasteiger partial charge in [-0.15, -0.1) is 0 Å². The second-order valence-electron chi connectivity index (χ2n) is 4.65. The third kappa shape index (κ3) is 3.12. The minimum absolute atomic E-state index is 0.191. The van der Waals surface area contributed by atoms with Crippen LogP contribution in [-0.2, 0) is 14.9 Å². The molecule has 6 nitrogen and oxygen atoms in total. The van der Waals surface area contributed by atoms with E-state index in [1.807, 2.05) is 31.3 Å². The van der Waals surface area contributed by atoms with Crippen LogP contribution in [0.15, 0.2) is 24.3 Å². The van der Waals surface area contributed by atoms with E-state index in [0.29, 0.717) is 13.2 Å². The molecular weight excluding hydrogens is 278 g/mol. The largest absolute Gasteiger partial charge is 0.383 e. The molecule has 0 bridgehead atoms. The highest BCUT2D eigenvalue weighted by atomic mass is 32.2. The topological polar surface area (TPSA) is 70.7 Å². The van der Waals surface area contributed by atoms with Gasteiger partial charge in [-0.1, -0.05) is 18.2 Å². The van der Waals surface area contributed by atoms with Crippen molar-refractivity contribution < 1.29 is 13.2 Å². The van der Waals surface area contributed by atoms with Crippen LogP contribution in [0.25, 0.3) is 0 Å². The molecule has 0 aromatic heterocycles. The van der Waals surface area contributed by atoms with E-state index in [4.69, 9.17) is 4.74 Å². The third-order valence-electron chi connectivity index (χ3n) is 3.43. The molecule has 1 atom stereocenters. The smallest absolute Gasteiger partial charge is 0.301 e. The Bertz CT molecular complexity index is 548. The van der Waals surface area contributed by atoms with Gasteiger partial charge >= 0.3 is 10.2 Å². The number of para-hydroxylation sites is 1. The zero-order valence-corrected chi connectivity index (χ0v) is 12.6. The summed E-state index contributed by atoms with van der Waals surface area (Å²) in [4.78, 5) is 0. The first kappa shape index (κ1) is 15.2. The standard InChI is InChI=1S/C13H21N3O3S/c1-14-12-7-9-16(13-6-4-3-5-11(12)13)20(17,18)15-8-10-19-2/h3-6,12,14-15H,7-10H2,1-2H3. The molecule has 0 saturated heterocycles. The van der Waals surface area contributed by atoms with Gasteiger partial charge in [-0.25, -0.2) is 0 Å². The van der Waals surface area contributed by atoms with Crippen LogP contribution in [0.5, 0.6) is 0 Å². The number of fused-ring (bicyclic) bond motifs is 1. The van der Waals surface area contributed by atoms with Crippen molar-refractivity contribution in [3.05, 3.63) is 29.8 Å². The van der Waals surface area contributed by atoms with Crippen LogP contribution in [0.2, 0.25) is 0 Å². The average molecular weight is 299 g/mol. The predicted molar refractivity (Wildman–Crippen MR) is 79.0 cm³/mol. The molecule has 112 valence electrons. The van der Waals surface area contributed by atoms with Crippen LogP contribution in [-0.4, -0.2) is 42.3 Å². The van der Waals surface area contributed by atoms with Crippen molar-refractivity contribution in [1.29, 1.82) is 0 Å². The molecule has 0 amide bonds. The molecule has 0 aliphatic carbocycles. The number of hydrogen-bond donors (Lipinski definition) is 2. The van der Waals surface area contributed by atoms with Gasteiger partial charge < -0.3 is 10.1 Å². The summed E-state index contributed by atoms with van der Waals surface area (Å²) in [6, 6.07) is 7.78. The van der Waals surface area contributed by atoms with Gasteiger partial charge in [-0.2, -0.15) is 13.1 Å². The number of ether oxygens (including phenoxy) is 1. The Balaban J connectivity index is 2.25. The first-order chi connectivity index (χ1) is 9.60. The molecule has 1 aromatic rings. The number of hydrogen-bond acceptors (Lipinski definition) is 4. The van der Waals surface area contributed by atoms with Gasteiger partial charge in [0.15, 0.2) is 0 Å². The fraction of sp³-hybridized carbons (Fsp3) is 0.538. The lowest BCUT2D eigenvalue weighted by Gasteiger charge is -2.34. The van der Waals surface area contributed by atoms with Crippen LogP contribution in [0.3, 0.4) is 0 Å². The first-order valence-electron chi connectivity index (χ1n) is 6.62. The Hall–Kier alpha value is -1.15. The van der Waals surface area contributed by atoms with E-state index < -0.39 is 10.2 Å². The molecule has 0 saturated carbocycles. The highest BCUT2D eigenvalue weighted by Crippen LogP contribution is 2.34.